The van der Waals surface area contributed by atoms with Gasteiger partial charge in [0.15, 0.2) is 0 Å². The number of nitrogens with one attached hydrogen (secondary N) is 3. The lowest BCUT2D eigenvalue weighted by Gasteiger charge is -2.13. The molecule has 1 heterocycles. The third-order valence-corrected chi connectivity index (χ3v) is 3.03. The van der Waals surface area contributed by atoms with Gasteiger partial charge in [0.05, 0.1) is 11.6 Å². The Hall–Kier alpha value is -2.57. The molecule has 0 aromatic heterocycles. The van der Waals surface area contributed by atoms with Crippen molar-refractivity contribution in [3.63, 3.8) is 0 Å². The second kappa shape index (κ2) is 5.60. The Balaban J connectivity index is 1.97. The summed E-state index contributed by atoms with van der Waals surface area (Å²) in [5, 5.41) is 16.8. The molecule has 2 rings (SSSR count). The maximum Gasteiger partial charge on any atom is 0.335 e. The van der Waals surface area contributed by atoms with Crippen molar-refractivity contribution in [2.24, 2.45) is 0 Å². The summed E-state index contributed by atoms with van der Waals surface area (Å²) < 4.78 is 0. The van der Waals surface area contributed by atoms with Gasteiger partial charge in [0.2, 0.25) is 5.91 Å². The Morgan fingerprint density at radius 3 is 2.70 bits per heavy atom. The van der Waals surface area contributed by atoms with E-state index in [0.29, 0.717) is 17.8 Å². The van der Waals surface area contributed by atoms with Crippen LogP contribution in [0.2, 0.25) is 0 Å². The van der Waals surface area contributed by atoms with Crippen LogP contribution in [0, 0.1) is 6.92 Å². The number of carbonyl (C=O) groups is 3. The first-order valence-electron chi connectivity index (χ1n) is 6.14. The van der Waals surface area contributed by atoms with E-state index in [1.807, 2.05) is 0 Å². The van der Waals surface area contributed by atoms with Gasteiger partial charge in [-0.3, -0.25) is 4.79 Å². The molecule has 1 aliphatic rings. The number of urea groups is 1. The predicted molar refractivity (Wildman–Crippen MR) is 71.7 cm³/mol. The number of anilines is 1. The van der Waals surface area contributed by atoms with E-state index in [2.05, 4.69) is 16.0 Å². The van der Waals surface area contributed by atoms with Crippen molar-refractivity contribution in [2.45, 2.75) is 19.4 Å². The second-order valence-corrected chi connectivity index (χ2v) is 4.64. The van der Waals surface area contributed by atoms with E-state index in [1.165, 1.54) is 18.2 Å². The first-order valence-corrected chi connectivity index (χ1v) is 6.14. The maximum atomic E-state index is 11.8. The molecule has 1 aromatic rings. The summed E-state index contributed by atoms with van der Waals surface area (Å²) in [6.07, 6.45) is 0.268. The van der Waals surface area contributed by atoms with Crippen molar-refractivity contribution in [1.29, 1.82) is 0 Å². The Bertz CT molecular complexity index is 571. The van der Waals surface area contributed by atoms with Gasteiger partial charge in [0.25, 0.3) is 0 Å². The van der Waals surface area contributed by atoms with Crippen molar-refractivity contribution in [3.05, 3.63) is 29.3 Å². The van der Waals surface area contributed by atoms with Crippen molar-refractivity contribution < 1.29 is 19.5 Å². The molecule has 7 nitrogen and oxygen atoms in total. The summed E-state index contributed by atoms with van der Waals surface area (Å²) in [5.74, 6) is -1.10. The van der Waals surface area contributed by atoms with Crippen LogP contribution in [-0.4, -0.2) is 35.6 Å². The van der Waals surface area contributed by atoms with Crippen LogP contribution in [0.25, 0.3) is 0 Å². The summed E-state index contributed by atoms with van der Waals surface area (Å²) >= 11 is 0. The lowest BCUT2D eigenvalue weighted by atomic mass is 10.1. The number of rotatable bonds is 3. The predicted octanol–water partition coefficient (Wildman–Crippen LogP) is 0.703. The standard InChI is InChI=1S/C13H15N3O4/c1-7-4-8(12(18)19)2-3-10(7)16-13(20)15-9-5-11(17)14-6-9/h2-4,9H,5-6H2,1H3,(H,14,17)(H,18,19)(H2,15,16,20). The van der Waals surface area contributed by atoms with Crippen molar-refractivity contribution in [3.8, 4) is 0 Å². The minimum atomic E-state index is -1.01. The summed E-state index contributed by atoms with van der Waals surface area (Å²) in [6.45, 7) is 2.13. The number of carboxylic acids is 1. The van der Waals surface area contributed by atoms with Crippen molar-refractivity contribution >= 4 is 23.6 Å². The van der Waals surface area contributed by atoms with Crippen LogP contribution >= 0.6 is 0 Å². The molecule has 1 saturated heterocycles. The highest BCUT2D eigenvalue weighted by atomic mass is 16.4. The minimum Gasteiger partial charge on any atom is -0.478 e. The monoisotopic (exact) mass is 277 g/mol. The molecule has 0 radical (unpaired) electrons. The van der Waals surface area contributed by atoms with Crippen LogP contribution in [0.3, 0.4) is 0 Å². The van der Waals surface area contributed by atoms with Crippen LogP contribution in [0.5, 0.6) is 0 Å². The number of benzene rings is 1. The summed E-state index contributed by atoms with van der Waals surface area (Å²) in [5.41, 5.74) is 1.35. The first kappa shape index (κ1) is 13.9. The second-order valence-electron chi connectivity index (χ2n) is 4.64. The van der Waals surface area contributed by atoms with Crippen LogP contribution in [0.1, 0.15) is 22.3 Å². The number of carboxylic acid groups (broad SMARTS) is 1. The van der Waals surface area contributed by atoms with E-state index >= 15 is 0 Å². The lowest BCUT2D eigenvalue weighted by molar-refractivity contribution is -0.119. The molecule has 0 bridgehead atoms. The number of hydrogen-bond donors (Lipinski definition) is 4. The zero-order chi connectivity index (χ0) is 14.7. The van der Waals surface area contributed by atoms with Crippen LogP contribution in [-0.2, 0) is 4.79 Å². The highest BCUT2D eigenvalue weighted by Gasteiger charge is 2.22. The molecule has 4 N–H and O–H groups in total. The molecule has 1 aromatic carbocycles. The largest absolute Gasteiger partial charge is 0.478 e. The van der Waals surface area contributed by atoms with Gasteiger partial charge in [0, 0.05) is 18.7 Å². The van der Waals surface area contributed by atoms with E-state index < -0.39 is 12.0 Å². The Morgan fingerprint density at radius 2 is 2.15 bits per heavy atom. The number of carbonyl (C=O) groups excluding carboxylic acids is 2. The molecular formula is C13H15N3O4. The molecule has 0 aliphatic carbocycles. The number of amides is 3. The molecule has 0 spiro atoms. The van der Waals surface area contributed by atoms with E-state index in [9.17, 15) is 14.4 Å². The average Bonchev–Trinajstić information content (AvgIpc) is 2.77. The normalized spacial score (nSPS) is 17.4. The molecule has 1 aliphatic heterocycles. The van der Waals surface area contributed by atoms with Gasteiger partial charge >= 0.3 is 12.0 Å². The summed E-state index contributed by atoms with van der Waals surface area (Å²) in [6, 6.07) is 3.81. The topological polar surface area (TPSA) is 108 Å². The third-order valence-electron chi connectivity index (χ3n) is 3.03. The minimum absolute atomic E-state index is 0.0858. The maximum absolute atomic E-state index is 11.8. The SMILES string of the molecule is Cc1cc(C(=O)O)ccc1NC(=O)NC1CNC(=O)C1. The van der Waals surface area contributed by atoms with E-state index in [-0.39, 0.29) is 23.9 Å². The molecule has 0 saturated carbocycles. The van der Waals surface area contributed by atoms with E-state index in [1.54, 1.807) is 6.92 Å². The molecule has 7 heteroatoms. The van der Waals surface area contributed by atoms with Gasteiger partial charge in [-0.1, -0.05) is 0 Å². The Labute approximate surface area is 115 Å². The highest BCUT2D eigenvalue weighted by molar-refractivity contribution is 5.93. The Morgan fingerprint density at radius 1 is 1.40 bits per heavy atom. The van der Waals surface area contributed by atoms with Gasteiger partial charge < -0.3 is 21.1 Å². The van der Waals surface area contributed by atoms with Gasteiger partial charge in [0.1, 0.15) is 0 Å². The third kappa shape index (κ3) is 3.25. The molecule has 3 amide bonds. The van der Waals surface area contributed by atoms with Gasteiger partial charge in [-0.05, 0) is 30.7 Å². The molecule has 20 heavy (non-hydrogen) atoms. The quantitative estimate of drug-likeness (QED) is 0.652. The van der Waals surface area contributed by atoms with E-state index in [4.69, 9.17) is 5.11 Å². The smallest absolute Gasteiger partial charge is 0.335 e. The zero-order valence-corrected chi connectivity index (χ0v) is 10.9. The van der Waals surface area contributed by atoms with E-state index in [0.717, 1.165) is 0 Å². The lowest BCUT2D eigenvalue weighted by Crippen LogP contribution is -2.39. The first-order chi connectivity index (χ1) is 9.45. The van der Waals surface area contributed by atoms with Crippen molar-refractivity contribution in [2.75, 3.05) is 11.9 Å². The molecule has 106 valence electrons. The Kier molecular flexibility index (Phi) is 3.88. The summed E-state index contributed by atoms with van der Waals surface area (Å²) in [4.78, 5) is 33.6. The van der Waals surface area contributed by atoms with Crippen molar-refractivity contribution in [1.82, 2.24) is 10.6 Å². The van der Waals surface area contributed by atoms with Gasteiger partial charge in [-0.15, -0.1) is 0 Å². The fourth-order valence-corrected chi connectivity index (χ4v) is 1.99. The fourth-order valence-electron chi connectivity index (χ4n) is 1.99. The highest BCUT2D eigenvalue weighted by Crippen LogP contribution is 2.16. The average molecular weight is 277 g/mol. The van der Waals surface area contributed by atoms with Crippen LogP contribution < -0.4 is 16.0 Å². The van der Waals surface area contributed by atoms with Crippen LogP contribution in [0.4, 0.5) is 10.5 Å². The fraction of sp³-hybridized carbons (Fsp3) is 0.308. The van der Waals surface area contributed by atoms with Gasteiger partial charge in [-0.2, -0.15) is 0 Å². The van der Waals surface area contributed by atoms with Crippen LogP contribution in [0.15, 0.2) is 18.2 Å². The molecular weight excluding hydrogens is 262 g/mol. The number of aryl methyl sites for hydroxylation is 1. The zero-order valence-electron chi connectivity index (χ0n) is 10.9. The number of hydrogen-bond acceptors (Lipinski definition) is 3. The molecule has 1 unspecified atom stereocenters. The van der Waals surface area contributed by atoms with Gasteiger partial charge in [-0.25, -0.2) is 9.59 Å². The number of aromatic carboxylic acids is 1. The summed E-state index contributed by atoms with van der Waals surface area (Å²) in [7, 11) is 0. The molecule has 1 atom stereocenters. The molecule has 1 fully saturated rings.